The third-order valence-electron chi connectivity index (χ3n) is 4.68. The number of nitrogens with zero attached hydrogens (tertiary/aromatic N) is 2. The quantitative estimate of drug-likeness (QED) is 0.768. The largest absolute Gasteiger partial charge is 0.339 e. The van der Waals surface area contributed by atoms with E-state index in [2.05, 4.69) is 11.9 Å². The van der Waals surface area contributed by atoms with Gasteiger partial charge >= 0.3 is 0 Å². The van der Waals surface area contributed by atoms with Crippen LogP contribution in [0.3, 0.4) is 0 Å². The molecule has 1 saturated heterocycles. The van der Waals surface area contributed by atoms with Crippen molar-refractivity contribution >= 4 is 27.1 Å². The Kier molecular flexibility index (Phi) is 6.42. The number of amides is 1. The van der Waals surface area contributed by atoms with E-state index in [0.717, 1.165) is 30.7 Å². The lowest BCUT2D eigenvalue weighted by Crippen LogP contribution is -2.49. The van der Waals surface area contributed by atoms with Gasteiger partial charge in [-0.05, 0) is 32.6 Å². The van der Waals surface area contributed by atoms with E-state index in [0.29, 0.717) is 12.2 Å². The van der Waals surface area contributed by atoms with Gasteiger partial charge in [-0.2, -0.15) is 0 Å². The molecule has 2 heterocycles. The van der Waals surface area contributed by atoms with Gasteiger partial charge in [0.15, 0.2) is 9.84 Å². The molecule has 1 aromatic rings. The Morgan fingerprint density at radius 3 is 2.67 bits per heavy atom. The van der Waals surface area contributed by atoms with Gasteiger partial charge in [-0.15, -0.1) is 11.3 Å². The van der Waals surface area contributed by atoms with Crippen LogP contribution in [0.2, 0.25) is 0 Å². The molecule has 2 atom stereocenters. The lowest BCUT2D eigenvalue weighted by Gasteiger charge is -2.36. The smallest absolute Gasteiger partial charge is 0.240 e. The minimum Gasteiger partial charge on any atom is -0.339 e. The number of hydrogen-bond donors (Lipinski definition) is 0. The first-order valence-corrected chi connectivity index (χ1v) is 11.3. The number of carbonyl (C=O) groups is 1. The molecule has 136 valence electrons. The number of hydrogen-bond acceptors (Lipinski definition) is 5. The lowest BCUT2D eigenvalue weighted by molar-refractivity contribution is -0.134. The number of carbonyl (C=O) groups excluding carboxylic acids is 1. The van der Waals surface area contributed by atoms with Crippen molar-refractivity contribution in [3.05, 3.63) is 16.1 Å². The van der Waals surface area contributed by atoms with Crippen LogP contribution in [0, 0.1) is 0 Å². The number of thiazole rings is 1. The summed E-state index contributed by atoms with van der Waals surface area (Å²) in [5.74, 6) is -0.127. The molecule has 0 aromatic carbocycles. The second-order valence-electron chi connectivity index (χ2n) is 6.87. The Hall–Kier alpha value is -0.950. The van der Waals surface area contributed by atoms with Crippen LogP contribution in [0.25, 0.3) is 0 Å². The molecule has 1 aliphatic rings. The molecule has 1 fully saturated rings. The molecular formula is C17H28N2O3S2. The second kappa shape index (κ2) is 7.95. The molecule has 0 saturated carbocycles. The summed E-state index contributed by atoms with van der Waals surface area (Å²) < 4.78 is 25.4. The van der Waals surface area contributed by atoms with Gasteiger partial charge in [0.1, 0.15) is 5.25 Å². The summed E-state index contributed by atoms with van der Waals surface area (Å²) in [5.41, 5.74) is 0.550. The van der Waals surface area contributed by atoms with E-state index in [1.165, 1.54) is 18.3 Å². The van der Waals surface area contributed by atoms with Crippen molar-refractivity contribution in [3.8, 4) is 0 Å². The standard InChI is InChI=1S/C17H28N2O3S2/c1-5-15-8-6-7-9-19(15)17(20)13(4)24(21,22)11-14-10-23-16(18-14)12(2)3/h10,12-13,15H,5-9,11H2,1-4H3/t13-,15+/m0/s1. The fourth-order valence-corrected chi connectivity index (χ4v) is 5.28. The molecule has 7 heteroatoms. The molecule has 24 heavy (non-hydrogen) atoms. The van der Waals surface area contributed by atoms with Crippen LogP contribution >= 0.6 is 11.3 Å². The first-order chi connectivity index (χ1) is 11.3. The van der Waals surface area contributed by atoms with Crippen molar-refractivity contribution in [1.82, 2.24) is 9.88 Å². The maximum atomic E-state index is 12.7. The molecule has 1 amide bonds. The van der Waals surface area contributed by atoms with E-state index < -0.39 is 15.1 Å². The van der Waals surface area contributed by atoms with Gasteiger partial charge in [-0.25, -0.2) is 13.4 Å². The van der Waals surface area contributed by atoms with Crippen LogP contribution in [0.1, 0.15) is 70.0 Å². The average Bonchev–Trinajstić information content (AvgIpc) is 3.01. The minimum atomic E-state index is -3.55. The van der Waals surface area contributed by atoms with Crippen molar-refractivity contribution in [2.45, 2.75) is 76.3 Å². The number of rotatable bonds is 6. The van der Waals surface area contributed by atoms with E-state index >= 15 is 0 Å². The molecule has 1 aliphatic heterocycles. The van der Waals surface area contributed by atoms with Gasteiger partial charge in [-0.1, -0.05) is 20.8 Å². The van der Waals surface area contributed by atoms with Gasteiger partial charge < -0.3 is 4.90 Å². The molecule has 1 aromatic heterocycles. The van der Waals surface area contributed by atoms with Crippen LogP contribution in [0.4, 0.5) is 0 Å². The van der Waals surface area contributed by atoms with Crippen LogP contribution in [0.5, 0.6) is 0 Å². The zero-order valence-corrected chi connectivity index (χ0v) is 16.6. The highest BCUT2D eigenvalue weighted by Gasteiger charge is 2.35. The molecule has 0 bridgehead atoms. The highest BCUT2D eigenvalue weighted by atomic mass is 32.2. The fraction of sp³-hybridized carbons (Fsp3) is 0.765. The van der Waals surface area contributed by atoms with E-state index in [1.807, 2.05) is 13.8 Å². The summed E-state index contributed by atoms with van der Waals surface area (Å²) in [6, 6.07) is 0.177. The van der Waals surface area contributed by atoms with Crippen LogP contribution in [-0.4, -0.2) is 42.0 Å². The van der Waals surface area contributed by atoms with Gasteiger partial charge in [0.25, 0.3) is 0 Å². The third kappa shape index (κ3) is 4.36. The summed E-state index contributed by atoms with van der Waals surface area (Å²) in [4.78, 5) is 18.9. The van der Waals surface area contributed by atoms with Gasteiger partial charge in [0.2, 0.25) is 5.91 Å². The highest BCUT2D eigenvalue weighted by Crippen LogP contribution is 2.24. The molecule has 0 N–H and O–H groups in total. The van der Waals surface area contributed by atoms with Crippen LogP contribution < -0.4 is 0 Å². The topological polar surface area (TPSA) is 67.3 Å². The van der Waals surface area contributed by atoms with Crippen molar-refractivity contribution in [2.75, 3.05) is 6.54 Å². The van der Waals surface area contributed by atoms with E-state index in [1.54, 1.807) is 10.3 Å². The Balaban J connectivity index is 2.10. The van der Waals surface area contributed by atoms with Crippen molar-refractivity contribution < 1.29 is 13.2 Å². The predicted octanol–water partition coefficient (Wildman–Crippen LogP) is 3.36. The molecular weight excluding hydrogens is 344 g/mol. The maximum Gasteiger partial charge on any atom is 0.240 e. The Morgan fingerprint density at radius 1 is 1.38 bits per heavy atom. The van der Waals surface area contributed by atoms with E-state index in [-0.39, 0.29) is 23.6 Å². The van der Waals surface area contributed by atoms with Crippen LogP contribution in [-0.2, 0) is 20.4 Å². The first kappa shape index (κ1) is 19.4. The Labute approximate surface area is 149 Å². The summed E-state index contributed by atoms with van der Waals surface area (Å²) in [7, 11) is -3.55. The summed E-state index contributed by atoms with van der Waals surface area (Å²) in [6.07, 6.45) is 3.92. The fourth-order valence-electron chi connectivity index (χ4n) is 3.09. The molecule has 2 rings (SSSR count). The zero-order valence-electron chi connectivity index (χ0n) is 15.0. The third-order valence-corrected chi connectivity index (χ3v) is 7.85. The molecule has 0 radical (unpaired) electrons. The van der Waals surface area contributed by atoms with Gasteiger partial charge in [0, 0.05) is 23.9 Å². The normalized spacial score (nSPS) is 20.4. The monoisotopic (exact) mass is 372 g/mol. The number of likely N-dealkylation sites (tertiary alicyclic amines) is 1. The number of sulfone groups is 1. The molecule has 0 unspecified atom stereocenters. The summed E-state index contributed by atoms with van der Waals surface area (Å²) in [5, 5.41) is 1.72. The molecule has 0 spiro atoms. The van der Waals surface area contributed by atoms with Crippen LogP contribution in [0.15, 0.2) is 5.38 Å². The number of piperidine rings is 1. The highest BCUT2D eigenvalue weighted by molar-refractivity contribution is 7.92. The molecule has 5 nitrogen and oxygen atoms in total. The first-order valence-electron chi connectivity index (χ1n) is 8.72. The Morgan fingerprint density at radius 2 is 2.08 bits per heavy atom. The molecule has 0 aliphatic carbocycles. The van der Waals surface area contributed by atoms with Gasteiger partial charge in [-0.3, -0.25) is 4.79 Å². The predicted molar refractivity (Wildman–Crippen MR) is 97.9 cm³/mol. The second-order valence-corrected chi connectivity index (χ2v) is 10.1. The SMILES string of the molecule is CC[C@@H]1CCCCN1C(=O)[C@H](C)S(=O)(=O)Cc1csc(C(C)C)n1. The van der Waals surface area contributed by atoms with E-state index in [9.17, 15) is 13.2 Å². The average molecular weight is 373 g/mol. The number of aromatic nitrogens is 1. The minimum absolute atomic E-state index is 0.159. The van der Waals surface area contributed by atoms with Gasteiger partial charge in [0.05, 0.1) is 16.5 Å². The lowest BCUT2D eigenvalue weighted by atomic mass is 10.00. The Bertz CT molecular complexity index is 667. The van der Waals surface area contributed by atoms with Crippen molar-refractivity contribution in [2.24, 2.45) is 0 Å². The van der Waals surface area contributed by atoms with Crippen molar-refractivity contribution in [1.29, 1.82) is 0 Å². The maximum absolute atomic E-state index is 12.7. The summed E-state index contributed by atoms with van der Waals surface area (Å²) in [6.45, 7) is 8.31. The zero-order chi connectivity index (χ0) is 17.9. The summed E-state index contributed by atoms with van der Waals surface area (Å²) >= 11 is 1.48. The van der Waals surface area contributed by atoms with E-state index in [4.69, 9.17) is 0 Å². The van der Waals surface area contributed by atoms with Crippen molar-refractivity contribution in [3.63, 3.8) is 0 Å².